The van der Waals surface area contributed by atoms with E-state index in [4.69, 9.17) is 16.7 Å². The molecule has 4 nitrogen and oxygen atoms in total. The number of rotatable bonds is 5. The van der Waals surface area contributed by atoms with Crippen LogP contribution < -0.4 is 0 Å². The van der Waals surface area contributed by atoms with Gasteiger partial charge in [-0.1, -0.05) is 17.7 Å². The Hall–Kier alpha value is -1.81. The molecule has 0 saturated heterocycles. The maximum absolute atomic E-state index is 12.1. The summed E-state index contributed by atoms with van der Waals surface area (Å²) >= 11 is 5.87. The number of hydrogen-bond donors (Lipinski definition) is 1. The second-order valence-electron chi connectivity index (χ2n) is 3.89. The molecule has 0 atom stereocenters. The maximum Gasteiger partial charge on any atom is 0.323 e. The van der Waals surface area contributed by atoms with E-state index in [1.807, 2.05) is 6.92 Å². The fourth-order valence-electron chi connectivity index (χ4n) is 1.58. The molecule has 0 spiro atoms. The van der Waals surface area contributed by atoms with Crippen LogP contribution in [0.1, 0.15) is 15.9 Å². The van der Waals surface area contributed by atoms with Crippen LogP contribution in [0.2, 0.25) is 5.02 Å². The largest absolute Gasteiger partial charge is 0.480 e. The van der Waals surface area contributed by atoms with Gasteiger partial charge in [0.25, 0.3) is 5.91 Å². The molecule has 1 aromatic carbocycles. The molecule has 0 fully saturated rings. The number of carbonyl (C=O) groups excluding carboxylic acids is 1. The molecule has 1 aromatic rings. The summed E-state index contributed by atoms with van der Waals surface area (Å²) in [6, 6.07) is 4.92. The smallest absolute Gasteiger partial charge is 0.323 e. The van der Waals surface area contributed by atoms with Gasteiger partial charge in [-0.15, -0.1) is 6.58 Å². The van der Waals surface area contributed by atoms with Crippen molar-refractivity contribution in [1.29, 1.82) is 0 Å². The van der Waals surface area contributed by atoms with Gasteiger partial charge in [-0.05, 0) is 30.7 Å². The number of amides is 1. The number of aryl methyl sites for hydroxylation is 1. The van der Waals surface area contributed by atoms with E-state index in [-0.39, 0.29) is 19.0 Å². The zero-order valence-electron chi connectivity index (χ0n) is 10.0. The van der Waals surface area contributed by atoms with Crippen molar-refractivity contribution in [2.75, 3.05) is 13.1 Å². The Morgan fingerprint density at radius 1 is 1.44 bits per heavy atom. The molecule has 0 aliphatic rings. The van der Waals surface area contributed by atoms with Crippen LogP contribution in [0.3, 0.4) is 0 Å². The third-order valence-electron chi connectivity index (χ3n) is 2.25. The number of carboxylic acids is 1. The van der Waals surface area contributed by atoms with Gasteiger partial charge >= 0.3 is 5.97 Å². The van der Waals surface area contributed by atoms with Crippen LogP contribution in [-0.4, -0.2) is 35.0 Å². The Labute approximate surface area is 110 Å². The summed E-state index contributed by atoms with van der Waals surface area (Å²) in [5, 5.41) is 9.21. The molecule has 18 heavy (non-hydrogen) atoms. The quantitative estimate of drug-likeness (QED) is 0.833. The topological polar surface area (TPSA) is 57.6 Å². The average Bonchev–Trinajstić information content (AvgIpc) is 2.25. The second kappa shape index (κ2) is 6.21. The molecule has 0 heterocycles. The SMILES string of the molecule is C=CCN(CC(=O)O)C(=O)c1cc(C)cc(Cl)c1. The van der Waals surface area contributed by atoms with Gasteiger partial charge in [-0.25, -0.2) is 0 Å². The Morgan fingerprint density at radius 2 is 2.11 bits per heavy atom. The van der Waals surface area contributed by atoms with Crippen molar-refractivity contribution in [2.24, 2.45) is 0 Å². The number of hydrogen-bond acceptors (Lipinski definition) is 2. The van der Waals surface area contributed by atoms with E-state index in [0.29, 0.717) is 10.6 Å². The number of halogens is 1. The number of nitrogens with zero attached hydrogens (tertiary/aromatic N) is 1. The summed E-state index contributed by atoms with van der Waals surface area (Å²) in [6.07, 6.45) is 1.48. The first-order valence-corrected chi connectivity index (χ1v) is 5.71. The fraction of sp³-hybridized carbons (Fsp3) is 0.231. The number of benzene rings is 1. The summed E-state index contributed by atoms with van der Waals surface area (Å²) in [4.78, 5) is 24.0. The van der Waals surface area contributed by atoms with Gasteiger partial charge in [-0.2, -0.15) is 0 Å². The van der Waals surface area contributed by atoms with Crippen molar-refractivity contribution in [1.82, 2.24) is 4.90 Å². The maximum atomic E-state index is 12.1. The first-order chi connectivity index (χ1) is 8.43. The Bertz CT molecular complexity index is 465. The van der Waals surface area contributed by atoms with Crippen LogP contribution in [0.25, 0.3) is 0 Å². The minimum atomic E-state index is -1.07. The van der Waals surface area contributed by atoms with Gasteiger partial charge in [-0.3, -0.25) is 9.59 Å². The highest BCUT2D eigenvalue weighted by Gasteiger charge is 2.17. The molecule has 1 N–H and O–H groups in total. The molecule has 5 heteroatoms. The molecule has 0 unspecified atom stereocenters. The summed E-state index contributed by atoms with van der Waals surface area (Å²) in [5.41, 5.74) is 1.22. The van der Waals surface area contributed by atoms with E-state index in [1.165, 1.54) is 17.0 Å². The average molecular weight is 268 g/mol. The van der Waals surface area contributed by atoms with Crippen LogP contribution in [0.5, 0.6) is 0 Å². The van der Waals surface area contributed by atoms with Crippen molar-refractivity contribution < 1.29 is 14.7 Å². The molecule has 1 rings (SSSR count). The van der Waals surface area contributed by atoms with Crippen molar-refractivity contribution in [2.45, 2.75) is 6.92 Å². The molecule has 96 valence electrons. The predicted molar refractivity (Wildman–Crippen MR) is 69.9 cm³/mol. The number of aliphatic carboxylic acids is 1. The third-order valence-corrected chi connectivity index (χ3v) is 2.47. The minimum Gasteiger partial charge on any atom is -0.480 e. The highest BCUT2D eigenvalue weighted by Crippen LogP contribution is 2.16. The first-order valence-electron chi connectivity index (χ1n) is 5.33. The lowest BCUT2D eigenvalue weighted by Crippen LogP contribution is -2.35. The highest BCUT2D eigenvalue weighted by molar-refractivity contribution is 6.31. The molecular formula is C13H14ClNO3. The van der Waals surface area contributed by atoms with E-state index < -0.39 is 5.97 Å². The lowest BCUT2D eigenvalue weighted by Gasteiger charge is -2.19. The Morgan fingerprint density at radius 3 is 2.61 bits per heavy atom. The van der Waals surface area contributed by atoms with Gasteiger partial charge in [0.1, 0.15) is 6.54 Å². The monoisotopic (exact) mass is 267 g/mol. The summed E-state index contributed by atoms with van der Waals surface area (Å²) in [7, 11) is 0. The van der Waals surface area contributed by atoms with E-state index >= 15 is 0 Å². The highest BCUT2D eigenvalue weighted by atomic mass is 35.5. The molecule has 0 aliphatic carbocycles. The lowest BCUT2D eigenvalue weighted by molar-refractivity contribution is -0.137. The zero-order chi connectivity index (χ0) is 13.7. The van der Waals surface area contributed by atoms with E-state index in [0.717, 1.165) is 5.56 Å². The standard InChI is InChI=1S/C13H14ClNO3/c1-3-4-15(8-12(16)17)13(18)10-5-9(2)6-11(14)7-10/h3,5-7H,1,4,8H2,2H3,(H,16,17). The zero-order valence-corrected chi connectivity index (χ0v) is 10.8. The summed E-state index contributed by atoms with van der Waals surface area (Å²) < 4.78 is 0. The minimum absolute atomic E-state index is 0.177. The van der Waals surface area contributed by atoms with Crippen LogP contribution >= 0.6 is 11.6 Å². The third kappa shape index (κ3) is 3.89. The van der Waals surface area contributed by atoms with Gasteiger partial charge in [0, 0.05) is 17.1 Å². The van der Waals surface area contributed by atoms with Crippen molar-refractivity contribution >= 4 is 23.5 Å². The van der Waals surface area contributed by atoms with Gasteiger partial charge in [0.15, 0.2) is 0 Å². The van der Waals surface area contributed by atoms with Crippen LogP contribution in [0, 0.1) is 6.92 Å². The van der Waals surface area contributed by atoms with E-state index in [2.05, 4.69) is 6.58 Å². The second-order valence-corrected chi connectivity index (χ2v) is 4.32. The summed E-state index contributed by atoms with van der Waals surface area (Å²) in [5.74, 6) is -1.44. The molecule has 1 amide bonds. The Balaban J connectivity index is 3.00. The fourth-order valence-corrected chi connectivity index (χ4v) is 1.87. The van der Waals surface area contributed by atoms with Gasteiger partial charge < -0.3 is 10.0 Å². The Kier molecular flexibility index (Phi) is 4.92. The molecule has 0 aromatic heterocycles. The summed E-state index contributed by atoms with van der Waals surface area (Å²) in [6.45, 7) is 5.14. The van der Waals surface area contributed by atoms with Gasteiger partial charge in [0.2, 0.25) is 0 Å². The van der Waals surface area contributed by atoms with Crippen LogP contribution in [0.4, 0.5) is 0 Å². The normalized spacial score (nSPS) is 9.89. The predicted octanol–water partition coefficient (Wildman–Crippen LogP) is 2.36. The molecule has 0 saturated carbocycles. The molecule has 0 bridgehead atoms. The van der Waals surface area contributed by atoms with E-state index in [1.54, 1.807) is 12.1 Å². The van der Waals surface area contributed by atoms with Crippen LogP contribution in [0.15, 0.2) is 30.9 Å². The van der Waals surface area contributed by atoms with Crippen molar-refractivity contribution in [3.05, 3.63) is 47.0 Å². The van der Waals surface area contributed by atoms with E-state index in [9.17, 15) is 9.59 Å². The van der Waals surface area contributed by atoms with Crippen molar-refractivity contribution in [3.63, 3.8) is 0 Å². The molecule has 0 aliphatic heterocycles. The number of carbonyl (C=O) groups is 2. The van der Waals surface area contributed by atoms with Crippen molar-refractivity contribution in [3.8, 4) is 0 Å². The van der Waals surface area contributed by atoms with Crippen LogP contribution in [-0.2, 0) is 4.79 Å². The molecule has 0 radical (unpaired) electrons. The molecular weight excluding hydrogens is 254 g/mol. The lowest BCUT2D eigenvalue weighted by atomic mass is 10.1. The number of carboxylic acid groups (broad SMARTS) is 1. The van der Waals surface area contributed by atoms with Gasteiger partial charge in [0.05, 0.1) is 0 Å². The first kappa shape index (κ1) is 14.3.